The Morgan fingerprint density at radius 2 is 1.90 bits per heavy atom. The lowest BCUT2D eigenvalue weighted by Gasteiger charge is -2.10. The standard InChI is InChI=1S/C21H21N7OS/c1-3-14-8-4-5-10-16(14)23-20-25-17(24-19(22)26-20)12-30-21-28-27-18(29-21)15-9-6-7-13(2)11-15/h4-11H,3,12H2,1-2H3,(H3,22,23,24,25,26). The normalized spacial score (nSPS) is 10.9. The number of aromatic nitrogens is 5. The van der Waals surface area contributed by atoms with E-state index >= 15 is 0 Å². The summed E-state index contributed by atoms with van der Waals surface area (Å²) in [5.74, 6) is 1.99. The number of nitrogen functional groups attached to an aromatic ring is 1. The second-order valence-corrected chi connectivity index (χ2v) is 7.53. The Kier molecular flexibility index (Phi) is 5.89. The van der Waals surface area contributed by atoms with Crippen LogP contribution in [0.4, 0.5) is 17.6 Å². The number of hydrogen-bond donors (Lipinski definition) is 2. The van der Waals surface area contributed by atoms with Gasteiger partial charge < -0.3 is 15.5 Å². The maximum absolute atomic E-state index is 5.88. The zero-order valence-corrected chi connectivity index (χ0v) is 17.5. The number of nitrogens with one attached hydrogen (secondary N) is 1. The number of thioether (sulfide) groups is 1. The summed E-state index contributed by atoms with van der Waals surface area (Å²) in [6.45, 7) is 4.12. The summed E-state index contributed by atoms with van der Waals surface area (Å²) >= 11 is 1.35. The summed E-state index contributed by atoms with van der Waals surface area (Å²) in [5, 5.41) is 11.9. The van der Waals surface area contributed by atoms with E-state index in [9.17, 15) is 0 Å². The summed E-state index contributed by atoms with van der Waals surface area (Å²) in [6.07, 6.45) is 0.896. The fraction of sp³-hybridized carbons (Fsp3) is 0.190. The highest BCUT2D eigenvalue weighted by Gasteiger charge is 2.12. The van der Waals surface area contributed by atoms with Gasteiger partial charge in [0.25, 0.3) is 5.22 Å². The lowest BCUT2D eigenvalue weighted by atomic mass is 10.1. The first-order valence-electron chi connectivity index (χ1n) is 9.49. The van der Waals surface area contributed by atoms with Crippen molar-refractivity contribution in [3.8, 4) is 11.5 Å². The minimum atomic E-state index is 0.156. The van der Waals surface area contributed by atoms with Crippen molar-refractivity contribution in [2.75, 3.05) is 11.1 Å². The number of nitrogens with zero attached hydrogens (tertiary/aromatic N) is 5. The number of benzene rings is 2. The molecular formula is C21H21N7OS. The number of para-hydroxylation sites is 1. The second kappa shape index (κ2) is 8.91. The van der Waals surface area contributed by atoms with Crippen molar-refractivity contribution >= 4 is 29.3 Å². The van der Waals surface area contributed by atoms with Crippen LogP contribution in [0.3, 0.4) is 0 Å². The summed E-state index contributed by atoms with van der Waals surface area (Å²) < 4.78 is 5.76. The first-order valence-corrected chi connectivity index (χ1v) is 10.5. The van der Waals surface area contributed by atoms with E-state index in [1.54, 1.807) is 0 Å². The van der Waals surface area contributed by atoms with Crippen LogP contribution in [-0.4, -0.2) is 25.1 Å². The van der Waals surface area contributed by atoms with Crippen molar-refractivity contribution in [3.05, 3.63) is 65.5 Å². The minimum absolute atomic E-state index is 0.156. The van der Waals surface area contributed by atoms with Crippen molar-refractivity contribution in [2.24, 2.45) is 0 Å². The molecule has 0 saturated carbocycles. The van der Waals surface area contributed by atoms with Crippen molar-refractivity contribution < 1.29 is 4.42 Å². The number of rotatable bonds is 7. The fourth-order valence-electron chi connectivity index (χ4n) is 2.92. The third-order valence-electron chi connectivity index (χ3n) is 4.34. The molecule has 3 N–H and O–H groups in total. The molecule has 0 fully saturated rings. The number of nitrogens with two attached hydrogens (primary N) is 1. The van der Waals surface area contributed by atoms with Gasteiger partial charge >= 0.3 is 0 Å². The Hall–Kier alpha value is -3.46. The number of anilines is 3. The Morgan fingerprint density at radius 3 is 2.73 bits per heavy atom. The molecule has 0 aliphatic rings. The topological polar surface area (TPSA) is 116 Å². The Bertz CT molecular complexity index is 1160. The van der Waals surface area contributed by atoms with Gasteiger partial charge in [-0.3, -0.25) is 0 Å². The van der Waals surface area contributed by atoms with Crippen LogP contribution < -0.4 is 11.1 Å². The van der Waals surface area contributed by atoms with Gasteiger partial charge in [-0.05, 0) is 37.1 Å². The lowest BCUT2D eigenvalue weighted by molar-refractivity contribution is 0.465. The first kappa shape index (κ1) is 19.8. The predicted octanol–water partition coefficient (Wildman–Crippen LogP) is 4.41. The van der Waals surface area contributed by atoms with E-state index in [0.717, 1.165) is 23.2 Å². The van der Waals surface area contributed by atoms with Gasteiger partial charge in [-0.15, -0.1) is 10.2 Å². The Labute approximate surface area is 178 Å². The smallest absolute Gasteiger partial charge is 0.277 e. The quantitative estimate of drug-likeness (QED) is 0.420. The molecule has 0 bridgehead atoms. The third-order valence-corrected chi connectivity index (χ3v) is 5.15. The third kappa shape index (κ3) is 4.74. The molecule has 152 valence electrons. The van der Waals surface area contributed by atoms with E-state index < -0.39 is 0 Å². The number of aryl methyl sites for hydroxylation is 2. The molecule has 2 heterocycles. The van der Waals surface area contributed by atoms with E-state index in [0.29, 0.717) is 28.6 Å². The van der Waals surface area contributed by atoms with Crippen LogP contribution in [0, 0.1) is 6.92 Å². The maximum atomic E-state index is 5.88. The van der Waals surface area contributed by atoms with E-state index in [1.807, 2.05) is 49.4 Å². The summed E-state index contributed by atoms with van der Waals surface area (Å²) in [4.78, 5) is 12.9. The minimum Gasteiger partial charge on any atom is -0.411 e. The van der Waals surface area contributed by atoms with Gasteiger partial charge in [0.1, 0.15) is 5.82 Å². The zero-order valence-electron chi connectivity index (χ0n) is 16.7. The molecule has 4 rings (SSSR count). The van der Waals surface area contributed by atoms with Crippen LogP contribution >= 0.6 is 11.8 Å². The van der Waals surface area contributed by atoms with Crippen LogP contribution in [0.1, 0.15) is 23.9 Å². The van der Waals surface area contributed by atoms with Gasteiger partial charge in [0.05, 0.1) is 5.75 Å². The highest BCUT2D eigenvalue weighted by molar-refractivity contribution is 7.98. The maximum Gasteiger partial charge on any atom is 0.277 e. The molecule has 0 aliphatic carbocycles. The van der Waals surface area contributed by atoms with E-state index in [-0.39, 0.29) is 5.95 Å². The largest absolute Gasteiger partial charge is 0.411 e. The molecule has 8 nitrogen and oxygen atoms in total. The van der Waals surface area contributed by atoms with Crippen molar-refractivity contribution in [1.82, 2.24) is 25.1 Å². The molecule has 0 atom stereocenters. The van der Waals surface area contributed by atoms with Gasteiger partial charge in [-0.2, -0.15) is 15.0 Å². The molecule has 0 saturated heterocycles. The van der Waals surface area contributed by atoms with Crippen molar-refractivity contribution in [3.63, 3.8) is 0 Å². The molecule has 0 spiro atoms. The summed E-state index contributed by atoms with van der Waals surface area (Å²) in [5.41, 5.74) is 10.0. The average Bonchev–Trinajstić information content (AvgIpc) is 3.21. The molecule has 0 radical (unpaired) electrons. The number of hydrogen-bond acceptors (Lipinski definition) is 9. The average molecular weight is 420 g/mol. The summed E-state index contributed by atoms with van der Waals surface area (Å²) in [6, 6.07) is 15.9. The van der Waals surface area contributed by atoms with E-state index in [2.05, 4.69) is 43.5 Å². The molecule has 0 unspecified atom stereocenters. The molecule has 30 heavy (non-hydrogen) atoms. The van der Waals surface area contributed by atoms with E-state index in [4.69, 9.17) is 10.2 Å². The lowest BCUT2D eigenvalue weighted by Crippen LogP contribution is -2.07. The molecule has 2 aromatic heterocycles. The monoisotopic (exact) mass is 419 g/mol. The SMILES string of the molecule is CCc1ccccc1Nc1nc(N)nc(CSc2nnc(-c3cccc(C)c3)o2)n1. The highest BCUT2D eigenvalue weighted by atomic mass is 32.2. The fourth-order valence-corrected chi connectivity index (χ4v) is 3.54. The highest BCUT2D eigenvalue weighted by Crippen LogP contribution is 2.26. The first-order chi connectivity index (χ1) is 14.6. The van der Waals surface area contributed by atoms with E-state index in [1.165, 1.54) is 17.3 Å². The molecule has 0 amide bonds. The van der Waals surface area contributed by atoms with Crippen molar-refractivity contribution in [2.45, 2.75) is 31.2 Å². The van der Waals surface area contributed by atoms with Crippen LogP contribution in [0.5, 0.6) is 0 Å². The van der Waals surface area contributed by atoms with Gasteiger partial charge in [0.2, 0.25) is 17.8 Å². The van der Waals surface area contributed by atoms with Crippen LogP contribution in [0.2, 0.25) is 0 Å². The van der Waals surface area contributed by atoms with Crippen LogP contribution in [-0.2, 0) is 12.2 Å². The zero-order chi connectivity index (χ0) is 20.9. The predicted molar refractivity (Wildman–Crippen MR) is 117 cm³/mol. The molecule has 0 aliphatic heterocycles. The molecule has 9 heteroatoms. The molecular weight excluding hydrogens is 398 g/mol. The molecule has 4 aromatic rings. The van der Waals surface area contributed by atoms with Crippen LogP contribution in [0.15, 0.2) is 58.2 Å². The van der Waals surface area contributed by atoms with Gasteiger partial charge in [-0.25, -0.2) is 0 Å². The van der Waals surface area contributed by atoms with Crippen LogP contribution in [0.25, 0.3) is 11.5 Å². The Morgan fingerprint density at radius 1 is 1.03 bits per heavy atom. The molecule has 2 aromatic carbocycles. The summed E-state index contributed by atoms with van der Waals surface area (Å²) in [7, 11) is 0. The second-order valence-electron chi connectivity index (χ2n) is 6.60. The van der Waals surface area contributed by atoms with Gasteiger partial charge in [0, 0.05) is 11.3 Å². The Balaban J connectivity index is 1.47. The van der Waals surface area contributed by atoms with Gasteiger partial charge in [0.15, 0.2) is 0 Å². The van der Waals surface area contributed by atoms with Crippen molar-refractivity contribution in [1.29, 1.82) is 0 Å². The van der Waals surface area contributed by atoms with Gasteiger partial charge in [-0.1, -0.05) is 54.6 Å².